The van der Waals surface area contributed by atoms with Crippen LogP contribution >= 0.6 is 22.3 Å². The van der Waals surface area contributed by atoms with E-state index >= 15 is 0 Å². The first-order valence-corrected chi connectivity index (χ1v) is 5.87. The smallest absolute Gasteiger partial charge is 0.276 e. The highest BCUT2D eigenvalue weighted by Gasteiger charge is 1.95. The molecule has 0 aromatic heterocycles. The van der Waals surface area contributed by atoms with E-state index in [1.807, 2.05) is 6.07 Å². The molecular formula is C7H6Cl2O4S. The van der Waals surface area contributed by atoms with Gasteiger partial charge in [-0.2, -0.15) is 8.42 Å². The normalized spacial score (nSPS) is 9.93. The predicted molar refractivity (Wildman–Crippen MR) is 54.0 cm³/mol. The Balaban J connectivity index is 0.000000292. The number of rotatable bonds is 1. The van der Waals surface area contributed by atoms with E-state index in [2.05, 4.69) is 10.7 Å². The summed E-state index contributed by atoms with van der Waals surface area (Å²) in [7, 11) is -0.137. The molecule has 0 atom stereocenters. The maximum Gasteiger partial charge on any atom is 0.353 e. The van der Waals surface area contributed by atoms with Crippen LogP contribution in [0.15, 0.2) is 30.3 Å². The van der Waals surface area contributed by atoms with Gasteiger partial charge in [0.2, 0.25) is 0 Å². The number of halogens is 2. The van der Waals surface area contributed by atoms with E-state index in [9.17, 15) is 4.79 Å². The predicted octanol–water partition coefficient (Wildman–Crippen LogP) is 2.09. The standard InChI is InChI=1S/C7H5ClO.ClHO3S/c8-7(9)6-4-2-1-3-5-6;1-5(2,3)4/h1-5H;(H,2,3,4). The van der Waals surface area contributed by atoms with Crippen LogP contribution in [0.25, 0.3) is 0 Å². The zero-order chi connectivity index (χ0) is 11.2. The number of hydrogen-bond acceptors (Lipinski definition) is 3. The molecule has 0 amide bonds. The Hall–Kier alpha value is -0.620. The summed E-state index contributed by atoms with van der Waals surface area (Å²) < 4.78 is 25.2. The fraction of sp³-hybridized carbons (Fsp3) is 0. The number of carbonyl (C=O) groups excluding carboxylic acids is 1. The van der Waals surface area contributed by atoms with Gasteiger partial charge >= 0.3 is 9.33 Å². The van der Waals surface area contributed by atoms with Crippen LogP contribution in [0.1, 0.15) is 10.4 Å². The maximum atomic E-state index is 10.4. The van der Waals surface area contributed by atoms with Gasteiger partial charge < -0.3 is 0 Å². The molecule has 78 valence electrons. The second kappa shape index (κ2) is 5.98. The zero-order valence-electron chi connectivity index (χ0n) is 6.72. The molecule has 0 aliphatic heterocycles. The van der Waals surface area contributed by atoms with Gasteiger partial charge in [0.05, 0.1) is 0 Å². The molecular weight excluding hydrogens is 251 g/mol. The molecule has 0 aliphatic rings. The first kappa shape index (κ1) is 13.4. The molecule has 0 aliphatic carbocycles. The van der Waals surface area contributed by atoms with Crippen molar-refractivity contribution in [1.29, 1.82) is 0 Å². The summed E-state index contributed by atoms with van der Waals surface area (Å²) in [6.07, 6.45) is 0. The Bertz CT molecular complexity index is 379. The number of hydrogen-bond donors (Lipinski definition) is 1. The second-order valence-corrected chi connectivity index (χ2v) is 4.39. The van der Waals surface area contributed by atoms with Crippen molar-refractivity contribution in [2.45, 2.75) is 0 Å². The van der Waals surface area contributed by atoms with Gasteiger partial charge in [-0.05, 0) is 11.6 Å². The van der Waals surface area contributed by atoms with Crippen LogP contribution in [0.2, 0.25) is 0 Å². The summed E-state index contributed by atoms with van der Waals surface area (Å²) in [5.74, 6) is 0. The minimum Gasteiger partial charge on any atom is -0.276 e. The van der Waals surface area contributed by atoms with Gasteiger partial charge in [0.1, 0.15) is 0 Å². The Labute approximate surface area is 90.7 Å². The van der Waals surface area contributed by atoms with Crippen molar-refractivity contribution in [3.05, 3.63) is 35.9 Å². The highest BCUT2D eigenvalue weighted by Crippen LogP contribution is 2.01. The molecule has 0 radical (unpaired) electrons. The summed E-state index contributed by atoms with van der Waals surface area (Å²) in [4.78, 5) is 10.4. The monoisotopic (exact) mass is 256 g/mol. The van der Waals surface area contributed by atoms with E-state index < -0.39 is 14.6 Å². The van der Waals surface area contributed by atoms with Gasteiger partial charge in [-0.25, -0.2) is 0 Å². The SMILES string of the molecule is O=C(Cl)c1ccccc1.O=S(=O)(O)Cl. The molecule has 14 heavy (non-hydrogen) atoms. The average molecular weight is 257 g/mol. The van der Waals surface area contributed by atoms with Crippen molar-refractivity contribution in [3.63, 3.8) is 0 Å². The third kappa shape index (κ3) is 9.47. The molecule has 0 bridgehead atoms. The Morgan fingerprint density at radius 1 is 1.21 bits per heavy atom. The average Bonchev–Trinajstić information content (AvgIpc) is 2.03. The lowest BCUT2D eigenvalue weighted by molar-refractivity contribution is 0.108. The molecule has 0 spiro atoms. The number of carbonyl (C=O) groups is 1. The highest BCUT2D eigenvalue weighted by molar-refractivity contribution is 8.09. The lowest BCUT2D eigenvalue weighted by Crippen LogP contribution is -1.84. The molecule has 0 fully saturated rings. The van der Waals surface area contributed by atoms with Crippen molar-refractivity contribution in [1.82, 2.24) is 0 Å². The van der Waals surface area contributed by atoms with Gasteiger partial charge in [-0.15, -0.1) is 0 Å². The fourth-order valence-corrected chi connectivity index (χ4v) is 0.695. The van der Waals surface area contributed by atoms with E-state index in [1.54, 1.807) is 24.3 Å². The minimum atomic E-state index is -4.19. The Kier molecular flexibility index (Phi) is 5.71. The van der Waals surface area contributed by atoms with Gasteiger partial charge in [-0.3, -0.25) is 9.35 Å². The molecule has 1 aromatic carbocycles. The molecule has 1 rings (SSSR count). The third-order valence-corrected chi connectivity index (χ3v) is 1.22. The van der Waals surface area contributed by atoms with Crippen LogP contribution in [0, 0.1) is 0 Å². The zero-order valence-corrected chi connectivity index (χ0v) is 9.05. The van der Waals surface area contributed by atoms with Gasteiger partial charge in [-0.1, -0.05) is 30.3 Å². The number of benzene rings is 1. The van der Waals surface area contributed by atoms with Crippen molar-refractivity contribution in [2.75, 3.05) is 0 Å². The van der Waals surface area contributed by atoms with E-state index in [1.165, 1.54) is 0 Å². The van der Waals surface area contributed by atoms with E-state index in [-0.39, 0.29) is 0 Å². The van der Waals surface area contributed by atoms with Crippen LogP contribution in [0.5, 0.6) is 0 Å². The van der Waals surface area contributed by atoms with Crippen LogP contribution in [0.4, 0.5) is 0 Å². The quantitative estimate of drug-likeness (QED) is 0.617. The van der Waals surface area contributed by atoms with Crippen molar-refractivity contribution in [3.8, 4) is 0 Å². The Morgan fingerprint density at radius 3 is 1.79 bits per heavy atom. The van der Waals surface area contributed by atoms with Gasteiger partial charge in [0, 0.05) is 16.2 Å². The molecule has 4 nitrogen and oxygen atoms in total. The van der Waals surface area contributed by atoms with Crippen molar-refractivity contribution >= 4 is 36.9 Å². The largest absolute Gasteiger partial charge is 0.353 e. The molecule has 0 saturated heterocycles. The van der Waals surface area contributed by atoms with E-state index in [4.69, 9.17) is 24.6 Å². The first-order valence-electron chi connectivity index (χ1n) is 3.22. The summed E-state index contributed by atoms with van der Waals surface area (Å²) in [5, 5.41) is -0.407. The summed E-state index contributed by atoms with van der Waals surface area (Å²) in [5.41, 5.74) is 0.541. The second-order valence-electron chi connectivity index (χ2n) is 2.05. The topological polar surface area (TPSA) is 71.4 Å². The lowest BCUT2D eigenvalue weighted by atomic mass is 10.2. The minimum absolute atomic E-state index is 0.407. The van der Waals surface area contributed by atoms with Gasteiger partial charge in [0.25, 0.3) is 5.24 Å². The summed E-state index contributed by atoms with van der Waals surface area (Å²) in [6.45, 7) is 0. The molecule has 0 unspecified atom stereocenters. The molecule has 1 N–H and O–H groups in total. The molecule has 0 heterocycles. The van der Waals surface area contributed by atoms with Crippen LogP contribution in [0.3, 0.4) is 0 Å². The molecule has 0 saturated carbocycles. The fourth-order valence-electron chi connectivity index (χ4n) is 0.569. The van der Waals surface area contributed by atoms with E-state index in [0.29, 0.717) is 5.56 Å². The third-order valence-electron chi connectivity index (χ3n) is 1.00. The van der Waals surface area contributed by atoms with Crippen LogP contribution in [-0.4, -0.2) is 18.2 Å². The van der Waals surface area contributed by atoms with Gasteiger partial charge in [0.15, 0.2) is 0 Å². The maximum absolute atomic E-state index is 10.4. The molecule has 1 aromatic rings. The lowest BCUT2D eigenvalue weighted by Gasteiger charge is -1.87. The highest BCUT2D eigenvalue weighted by atomic mass is 35.7. The molecule has 7 heteroatoms. The summed E-state index contributed by atoms with van der Waals surface area (Å²) in [6, 6.07) is 8.74. The Morgan fingerprint density at radius 2 is 1.57 bits per heavy atom. The summed E-state index contributed by atoms with van der Waals surface area (Å²) >= 11 is 5.16. The van der Waals surface area contributed by atoms with Crippen molar-refractivity contribution < 1.29 is 17.8 Å². The van der Waals surface area contributed by atoms with Crippen molar-refractivity contribution in [2.24, 2.45) is 0 Å². The van der Waals surface area contributed by atoms with E-state index in [0.717, 1.165) is 0 Å². The first-order chi connectivity index (χ1) is 6.30. The van der Waals surface area contributed by atoms with Crippen LogP contribution < -0.4 is 0 Å². The van der Waals surface area contributed by atoms with Crippen LogP contribution in [-0.2, 0) is 9.33 Å².